The third-order valence-electron chi connectivity index (χ3n) is 1.95. The number of likely N-dealkylation sites (N-methyl/N-ethyl adjacent to an activating group) is 2. The largest absolute Gasteiger partial charge is 0.358 e. The minimum atomic E-state index is -0.487. The van der Waals surface area contributed by atoms with Gasteiger partial charge < -0.3 is 26.6 Å². The van der Waals surface area contributed by atoms with Crippen LogP contribution in [0, 0.1) is 0 Å². The van der Waals surface area contributed by atoms with Crippen molar-refractivity contribution in [2.45, 2.75) is 0 Å². The van der Waals surface area contributed by atoms with Gasteiger partial charge in [-0.15, -0.1) is 0 Å². The van der Waals surface area contributed by atoms with Gasteiger partial charge >= 0.3 is 0 Å². The summed E-state index contributed by atoms with van der Waals surface area (Å²) in [6.07, 6.45) is 0. The fraction of sp³-hybridized carbons (Fsp3) is 0.600. The van der Waals surface area contributed by atoms with E-state index in [0.29, 0.717) is 0 Å². The molecule has 0 bridgehead atoms. The van der Waals surface area contributed by atoms with Crippen LogP contribution in [0.4, 0.5) is 0 Å². The zero-order chi connectivity index (χ0) is 14.7. The highest BCUT2D eigenvalue weighted by Gasteiger charge is 2.07. The molecule has 9 nitrogen and oxygen atoms in total. The molecule has 0 saturated carbocycles. The van der Waals surface area contributed by atoms with Crippen molar-refractivity contribution in [3.8, 4) is 0 Å². The van der Waals surface area contributed by atoms with Gasteiger partial charge in [0, 0.05) is 7.05 Å². The number of carbonyl (C=O) groups excluding carboxylic acids is 4. The molecular weight excluding hydrogens is 254 g/mol. The van der Waals surface area contributed by atoms with Crippen molar-refractivity contribution in [3.05, 3.63) is 0 Å². The summed E-state index contributed by atoms with van der Waals surface area (Å²) in [5.74, 6) is -1.63. The van der Waals surface area contributed by atoms with E-state index >= 15 is 0 Å². The zero-order valence-corrected chi connectivity index (χ0v) is 11.0. The maximum absolute atomic E-state index is 11.2. The number of hydrogen-bond acceptors (Lipinski definition) is 5. The Balaban J connectivity index is 3.69. The summed E-state index contributed by atoms with van der Waals surface area (Å²) in [6.45, 7) is -0.495. The summed E-state index contributed by atoms with van der Waals surface area (Å²) in [7, 11) is 3.06. The molecule has 0 aromatic rings. The quantitative estimate of drug-likeness (QED) is 0.311. The normalized spacial score (nSPS) is 9.37. The Bertz CT molecular complexity index is 345. The van der Waals surface area contributed by atoms with Gasteiger partial charge in [0.1, 0.15) is 0 Å². The van der Waals surface area contributed by atoms with E-state index < -0.39 is 11.8 Å². The molecule has 0 heterocycles. The molecule has 5 N–H and O–H groups in total. The predicted octanol–water partition coefficient (Wildman–Crippen LogP) is -3.70. The average molecular weight is 273 g/mol. The van der Waals surface area contributed by atoms with Crippen LogP contribution in [0.3, 0.4) is 0 Å². The molecule has 0 radical (unpaired) electrons. The number of amides is 4. The fourth-order valence-corrected chi connectivity index (χ4v) is 0.973. The predicted molar refractivity (Wildman–Crippen MR) is 67.0 cm³/mol. The van der Waals surface area contributed by atoms with Crippen molar-refractivity contribution in [1.82, 2.24) is 26.6 Å². The number of hydrogen-bond donors (Lipinski definition) is 5. The lowest BCUT2D eigenvalue weighted by Crippen LogP contribution is -2.44. The maximum Gasteiger partial charge on any atom is 0.239 e. The van der Waals surface area contributed by atoms with Gasteiger partial charge in [0.05, 0.1) is 26.2 Å². The van der Waals surface area contributed by atoms with Gasteiger partial charge in [0.25, 0.3) is 0 Å². The second-order valence-corrected chi connectivity index (χ2v) is 3.53. The van der Waals surface area contributed by atoms with Crippen molar-refractivity contribution < 1.29 is 19.2 Å². The number of nitrogens with one attached hydrogen (secondary N) is 5. The molecule has 0 aromatic heterocycles. The van der Waals surface area contributed by atoms with Crippen LogP contribution >= 0.6 is 0 Å². The molecule has 0 aliphatic carbocycles. The van der Waals surface area contributed by atoms with Crippen LogP contribution < -0.4 is 26.6 Å². The highest BCUT2D eigenvalue weighted by Crippen LogP contribution is 1.69. The first-order valence-electron chi connectivity index (χ1n) is 5.64. The lowest BCUT2D eigenvalue weighted by Gasteiger charge is -2.07. The third kappa shape index (κ3) is 9.53. The first-order chi connectivity index (χ1) is 8.99. The molecule has 4 amide bonds. The number of rotatable bonds is 8. The second kappa shape index (κ2) is 9.83. The van der Waals surface area contributed by atoms with Crippen molar-refractivity contribution in [3.63, 3.8) is 0 Å². The fourth-order valence-electron chi connectivity index (χ4n) is 0.973. The van der Waals surface area contributed by atoms with Gasteiger partial charge in [-0.2, -0.15) is 0 Å². The van der Waals surface area contributed by atoms with Gasteiger partial charge in [-0.1, -0.05) is 0 Å². The zero-order valence-electron chi connectivity index (χ0n) is 11.0. The first kappa shape index (κ1) is 16.8. The Labute approximate surface area is 110 Å². The van der Waals surface area contributed by atoms with E-state index in [2.05, 4.69) is 26.6 Å². The van der Waals surface area contributed by atoms with Crippen LogP contribution in [0.15, 0.2) is 0 Å². The average Bonchev–Trinajstić information content (AvgIpc) is 2.40. The first-order valence-corrected chi connectivity index (χ1v) is 5.64. The minimum absolute atomic E-state index is 0.111. The molecule has 19 heavy (non-hydrogen) atoms. The van der Waals surface area contributed by atoms with E-state index in [4.69, 9.17) is 0 Å². The molecule has 0 atom stereocenters. The third-order valence-corrected chi connectivity index (χ3v) is 1.95. The minimum Gasteiger partial charge on any atom is -0.358 e. The Kier molecular flexibility index (Phi) is 8.71. The van der Waals surface area contributed by atoms with Crippen LogP contribution in [-0.4, -0.2) is 63.9 Å². The van der Waals surface area contributed by atoms with Crippen LogP contribution in [0.25, 0.3) is 0 Å². The summed E-state index contributed by atoms with van der Waals surface area (Å²) in [5, 5.41) is 11.9. The molecule has 0 aromatic carbocycles. The van der Waals surface area contributed by atoms with E-state index in [-0.39, 0.29) is 38.0 Å². The Hall–Kier alpha value is -2.16. The highest BCUT2D eigenvalue weighted by atomic mass is 16.2. The molecule has 0 unspecified atom stereocenters. The molecule has 0 saturated heterocycles. The van der Waals surface area contributed by atoms with Gasteiger partial charge in [0.15, 0.2) is 0 Å². The molecule has 108 valence electrons. The van der Waals surface area contributed by atoms with Crippen LogP contribution in [0.5, 0.6) is 0 Å². The Morgan fingerprint density at radius 2 is 1.00 bits per heavy atom. The molecule has 0 rings (SSSR count). The second-order valence-electron chi connectivity index (χ2n) is 3.53. The monoisotopic (exact) mass is 273 g/mol. The summed E-state index contributed by atoms with van der Waals surface area (Å²) in [5.41, 5.74) is 0. The van der Waals surface area contributed by atoms with Gasteiger partial charge in [0.2, 0.25) is 23.6 Å². The topological polar surface area (TPSA) is 128 Å². The standard InChI is InChI=1S/C10H19N5O4/c1-11-3-8(17)14-5-10(19)15-6-9(18)13-4-7(16)12-2/h11H,3-6H2,1-2H3,(H,12,16)(H,13,18)(H,14,17)(H,15,19). The van der Waals surface area contributed by atoms with E-state index in [0.717, 1.165) is 0 Å². The van der Waals surface area contributed by atoms with Crippen LogP contribution in [-0.2, 0) is 19.2 Å². The lowest BCUT2D eigenvalue weighted by atomic mass is 10.4. The SMILES string of the molecule is CNCC(=O)NCC(=O)NCC(=O)NCC(=O)NC. The van der Waals surface area contributed by atoms with Crippen molar-refractivity contribution in [1.29, 1.82) is 0 Å². The Morgan fingerprint density at radius 3 is 1.37 bits per heavy atom. The van der Waals surface area contributed by atoms with Crippen LogP contribution in [0.2, 0.25) is 0 Å². The summed E-state index contributed by atoms with van der Waals surface area (Å²) in [6, 6.07) is 0. The van der Waals surface area contributed by atoms with E-state index in [1.165, 1.54) is 7.05 Å². The van der Waals surface area contributed by atoms with Crippen molar-refractivity contribution in [2.75, 3.05) is 40.3 Å². The number of carbonyl (C=O) groups is 4. The molecule has 0 aliphatic heterocycles. The molecule has 0 aliphatic rings. The highest BCUT2D eigenvalue weighted by molar-refractivity contribution is 5.90. The van der Waals surface area contributed by atoms with Crippen molar-refractivity contribution >= 4 is 23.6 Å². The summed E-state index contributed by atoms with van der Waals surface area (Å²) < 4.78 is 0. The Morgan fingerprint density at radius 1 is 0.632 bits per heavy atom. The summed E-state index contributed by atoms with van der Waals surface area (Å²) in [4.78, 5) is 44.3. The lowest BCUT2D eigenvalue weighted by molar-refractivity contribution is -0.128. The van der Waals surface area contributed by atoms with Crippen LogP contribution in [0.1, 0.15) is 0 Å². The van der Waals surface area contributed by atoms with Gasteiger partial charge in [-0.3, -0.25) is 19.2 Å². The molecular formula is C10H19N5O4. The summed E-state index contributed by atoms with van der Waals surface area (Å²) >= 11 is 0. The van der Waals surface area contributed by atoms with Gasteiger partial charge in [-0.25, -0.2) is 0 Å². The smallest absolute Gasteiger partial charge is 0.239 e. The van der Waals surface area contributed by atoms with Crippen molar-refractivity contribution in [2.24, 2.45) is 0 Å². The van der Waals surface area contributed by atoms with E-state index in [9.17, 15) is 19.2 Å². The molecule has 0 spiro atoms. The molecule has 9 heteroatoms. The maximum atomic E-state index is 11.2. The van der Waals surface area contributed by atoms with Gasteiger partial charge in [-0.05, 0) is 7.05 Å². The van der Waals surface area contributed by atoms with E-state index in [1.54, 1.807) is 7.05 Å². The van der Waals surface area contributed by atoms with E-state index in [1.807, 2.05) is 0 Å². The molecule has 0 fully saturated rings.